The van der Waals surface area contributed by atoms with Gasteiger partial charge in [-0.25, -0.2) is 0 Å². The highest BCUT2D eigenvalue weighted by atomic mass is 16.5. The summed E-state index contributed by atoms with van der Waals surface area (Å²) in [5.74, 6) is 0.755. The predicted octanol–water partition coefficient (Wildman–Crippen LogP) is 2.53. The molecule has 0 bridgehead atoms. The number of nitrogens with zero attached hydrogens (tertiary/aromatic N) is 1. The number of carbonyl (C=O) groups is 1. The molecule has 0 radical (unpaired) electrons. The lowest BCUT2D eigenvalue weighted by Gasteiger charge is -2.42. The molecule has 1 aliphatic carbocycles. The molecule has 2 aliphatic rings. The van der Waals surface area contributed by atoms with Crippen LogP contribution >= 0.6 is 0 Å². The van der Waals surface area contributed by atoms with E-state index in [4.69, 9.17) is 4.74 Å². The first-order valence-corrected chi connectivity index (χ1v) is 8.24. The molecule has 1 heterocycles. The van der Waals surface area contributed by atoms with Gasteiger partial charge in [0, 0.05) is 18.5 Å². The molecule has 4 nitrogen and oxygen atoms in total. The summed E-state index contributed by atoms with van der Waals surface area (Å²) in [5, 5.41) is 10.3. The highest BCUT2D eigenvalue weighted by Crippen LogP contribution is 2.44. The van der Waals surface area contributed by atoms with Crippen LogP contribution in [0.5, 0.6) is 5.75 Å². The Hall–Kier alpha value is -1.55. The minimum atomic E-state index is -0.249. The molecule has 2 atom stereocenters. The summed E-state index contributed by atoms with van der Waals surface area (Å²) in [5.41, 5.74) is 1.12. The van der Waals surface area contributed by atoms with Crippen LogP contribution in [0.2, 0.25) is 0 Å². The summed E-state index contributed by atoms with van der Waals surface area (Å²) in [6.45, 7) is 3.57. The third kappa shape index (κ3) is 3.12. The Morgan fingerprint density at radius 3 is 2.73 bits per heavy atom. The molecule has 22 heavy (non-hydrogen) atoms. The number of aryl methyl sites for hydroxylation is 1. The smallest absolute Gasteiger partial charge is 0.260 e. The van der Waals surface area contributed by atoms with Gasteiger partial charge in [-0.15, -0.1) is 0 Å². The van der Waals surface area contributed by atoms with Crippen LogP contribution in [-0.4, -0.2) is 41.7 Å². The Kier molecular flexibility index (Phi) is 4.39. The van der Waals surface area contributed by atoms with Gasteiger partial charge in [-0.3, -0.25) is 4.79 Å². The average molecular weight is 303 g/mol. The summed E-state index contributed by atoms with van der Waals surface area (Å²) in [7, 11) is 0. The highest BCUT2D eigenvalue weighted by molar-refractivity contribution is 5.78. The summed E-state index contributed by atoms with van der Waals surface area (Å²) < 4.78 is 5.60. The fraction of sp³-hybridized carbons (Fsp3) is 0.611. The van der Waals surface area contributed by atoms with Crippen molar-refractivity contribution >= 4 is 5.91 Å². The van der Waals surface area contributed by atoms with E-state index in [1.54, 1.807) is 0 Å². The molecule has 4 heteroatoms. The van der Waals surface area contributed by atoms with Crippen molar-refractivity contribution in [3.63, 3.8) is 0 Å². The van der Waals surface area contributed by atoms with E-state index in [0.29, 0.717) is 6.54 Å². The van der Waals surface area contributed by atoms with Crippen molar-refractivity contribution in [3.05, 3.63) is 29.8 Å². The van der Waals surface area contributed by atoms with Crippen LogP contribution in [0.1, 0.15) is 37.7 Å². The number of likely N-dealkylation sites (tertiary alicyclic amines) is 1. The molecule has 1 N–H and O–H groups in total. The Balaban J connectivity index is 1.56. The standard InChI is InChI=1S/C18H25NO3/c1-14-5-7-15(8-6-14)22-12-17(21)19-11-3-10-18(13-19)9-2-4-16(18)20/h5-8,16,20H,2-4,9-13H2,1H3/t16-,18+/m1/s1. The first kappa shape index (κ1) is 15.3. The predicted molar refractivity (Wildman–Crippen MR) is 84.8 cm³/mol. The fourth-order valence-corrected chi connectivity index (χ4v) is 3.84. The van der Waals surface area contributed by atoms with Gasteiger partial charge in [0.15, 0.2) is 6.61 Å². The number of aliphatic hydroxyl groups is 1. The van der Waals surface area contributed by atoms with Crippen LogP contribution in [-0.2, 0) is 4.79 Å². The molecule has 1 amide bonds. The normalized spacial score (nSPS) is 28.1. The first-order valence-electron chi connectivity index (χ1n) is 8.24. The zero-order valence-electron chi connectivity index (χ0n) is 13.3. The Labute approximate surface area is 132 Å². The van der Waals surface area contributed by atoms with Crippen molar-refractivity contribution in [3.8, 4) is 5.75 Å². The Bertz CT molecular complexity index is 528. The molecule has 2 fully saturated rings. The van der Waals surface area contributed by atoms with Gasteiger partial charge in [0.25, 0.3) is 5.91 Å². The number of rotatable bonds is 3. The van der Waals surface area contributed by atoms with E-state index in [1.807, 2.05) is 36.1 Å². The number of hydrogen-bond donors (Lipinski definition) is 1. The summed E-state index contributed by atoms with van der Waals surface area (Å²) in [6, 6.07) is 7.73. The molecule has 1 aromatic carbocycles. The first-order chi connectivity index (χ1) is 10.6. The van der Waals surface area contributed by atoms with Gasteiger partial charge in [-0.05, 0) is 44.7 Å². The van der Waals surface area contributed by atoms with E-state index in [-0.39, 0.29) is 24.0 Å². The van der Waals surface area contributed by atoms with E-state index >= 15 is 0 Å². The number of benzene rings is 1. The molecule has 3 rings (SSSR count). The van der Waals surface area contributed by atoms with Gasteiger partial charge in [0.05, 0.1) is 6.10 Å². The summed E-state index contributed by atoms with van der Waals surface area (Å²) in [6.07, 6.45) is 4.76. The molecule has 120 valence electrons. The van der Waals surface area contributed by atoms with Crippen molar-refractivity contribution in [2.45, 2.75) is 45.1 Å². The number of aliphatic hydroxyl groups excluding tert-OH is 1. The van der Waals surface area contributed by atoms with Gasteiger partial charge < -0.3 is 14.7 Å². The second-order valence-electron chi connectivity index (χ2n) is 6.79. The SMILES string of the molecule is Cc1ccc(OCC(=O)N2CCC[C@@]3(CCC[C@H]3O)C2)cc1. The van der Waals surface area contributed by atoms with Crippen molar-refractivity contribution in [2.24, 2.45) is 5.41 Å². The number of amides is 1. The lowest BCUT2D eigenvalue weighted by atomic mass is 9.76. The quantitative estimate of drug-likeness (QED) is 0.933. The number of carbonyl (C=O) groups excluding carboxylic acids is 1. The van der Waals surface area contributed by atoms with Crippen LogP contribution in [0.3, 0.4) is 0 Å². The highest BCUT2D eigenvalue weighted by Gasteiger charge is 2.45. The lowest BCUT2D eigenvalue weighted by Crippen LogP contribution is -2.50. The van der Waals surface area contributed by atoms with Gasteiger partial charge in [-0.2, -0.15) is 0 Å². The maximum atomic E-state index is 12.4. The molecule has 1 aromatic rings. The maximum Gasteiger partial charge on any atom is 0.260 e. The van der Waals surface area contributed by atoms with Crippen LogP contribution in [0, 0.1) is 12.3 Å². The second-order valence-corrected chi connectivity index (χ2v) is 6.79. The van der Waals surface area contributed by atoms with Crippen LogP contribution in [0.4, 0.5) is 0 Å². The fourth-order valence-electron chi connectivity index (χ4n) is 3.84. The average Bonchev–Trinajstić information content (AvgIpc) is 2.87. The third-order valence-corrected chi connectivity index (χ3v) is 5.20. The Morgan fingerprint density at radius 2 is 2.05 bits per heavy atom. The van der Waals surface area contributed by atoms with Gasteiger partial charge >= 0.3 is 0 Å². The molecule has 0 unspecified atom stereocenters. The minimum absolute atomic E-state index is 0.0266. The van der Waals surface area contributed by atoms with Gasteiger partial charge in [-0.1, -0.05) is 24.1 Å². The van der Waals surface area contributed by atoms with E-state index in [2.05, 4.69) is 0 Å². The number of ether oxygens (including phenoxy) is 1. The Morgan fingerprint density at radius 1 is 1.32 bits per heavy atom. The van der Waals surface area contributed by atoms with Crippen molar-refractivity contribution < 1.29 is 14.6 Å². The number of piperidine rings is 1. The molecule has 0 aromatic heterocycles. The second kappa shape index (κ2) is 6.29. The van der Waals surface area contributed by atoms with E-state index < -0.39 is 0 Å². The molecular weight excluding hydrogens is 278 g/mol. The van der Waals surface area contributed by atoms with E-state index in [0.717, 1.165) is 44.4 Å². The van der Waals surface area contributed by atoms with Crippen LogP contribution in [0.15, 0.2) is 24.3 Å². The lowest BCUT2D eigenvalue weighted by molar-refractivity contribution is -0.138. The molecular formula is C18H25NO3. The van der Waals surface area contributed by atoms with Crippen molar-refractivity contribution in [1.29, 1.82) is 0 Å². The van der Waals surface area contributed by atoms with E-state index in [1.165, 1.54) is 5.56 Å². The van der Waals surface area contributed by atoms with Crippen molar-refractivity contribution in [1.82, 2.24) is 4.90 Å². The largest absolute Gasteiger partial charge is 0.484 e. The molecule has 1 aliphatic heterocycles. The van der Waals surface area contributed by atoms with Gasteiger partial charge in [0.2, 0.25) is 0 Å². The summed E-state index contributed by atoms with van der Waals surface area (Å²) >= 11 is 0. The maximum absolute atomic E-state index is 12.4. The minimum Gasteiger partial charge on any atom is -0.484 e. The molecule has 1 saturated carbocycles. The van der Waals surface area contributed by atoms with Gasteiger partial charge in [0.1, 0.15) is 5.75 Å². The zero-order valence-corrected chi connectivity index (χ0v) is 13.3. The molecule has 1 spiro atoms. The van der Waals surface area contributed by atoms with E-state index in [9.17, 15) is 9.90 Å². The monoisotopic (exact) mass is 303 g/mol. The zero-order chi connectivity index (χ0) is 15.6. The van der Waals surface area contributed by atoms with Crippen LogP contribution < -0.4 is 4.74 Å². The summed E-state index contributed by atoms with van der Waals surface area (Å²) in [4.78, 5) is 14.3. The topological polar surface area (TPSA) is 49.8 Å². The van der Waals surface area contributed by atoms with Crippen molar-refractivity contribution in [2.75, 3.05) is 19.7 Å². The van der Waals surface area contributed by atoms with Crippen LogP contribution in [0.25, 0.3) is 0 Å². The third-order valence-electron chi connectivity index (χ3n) is 5.20. The number of hydrogen-bond acceptors (Lipinski definition) is 3. The molecule has 1 saturated heterocycles.